The van der Waals surface area contributed by atoms with Crippen LogP contribution in [0.25, 0.3) is 0 Å². The zero-order valence-electron chi connectivity index (χ0n) is 13.4. The van der Waals surface area contributed by atoms with Crippen molar-refractivity contribution in [3.63, 3.8) is 0 Å². The SMILES string of the molecule is Cn1cc(CN2CCc3c(CNS(C)(=O)=O)cncc3C2)cn1. The maximum absolute atomic E-state index is 11.3. The molecule has 1 N–H and O–H groups in total. The van der Waals surface area contributed by atoms with E-state index in [4.69, 9.17) is 0 Å². The molecule has 2 aromatic heterocycles. The van der Waals surface area contributed by atoms with Crippen LogP contribution in [0.2, 0.25) is 0 Å². The molecule has 8 heteroatoms. The first-order chi connectivity index (χ1) is 10.9. The number of fused-ring (bicyclic) bond motifs is 1. The number of aromatic nitrogens is 3. The van der Waals surface area contributed by atoms with Crippen LogP contribution < -0.4 is 4.72 Å². The third-order valence-electron chi connectivity index (χ3n) is 4.00. The molecule has 0 aliphatic carbocycles. The van der Waals surface area contributed by atoms with Crippen LogP contribution in [0.3, 0.4) is 0 Å². The van der Waals surface area contributed by atoms with Gasteiger partial charge in [0.1, 0.15) is 0 Å². The lowest BCUT2D eigenvalue weighted by atomic mass is 9.97. The van der Waals surface area contributed by atoms with Gasteiger partial charge in [-0.15, -0.1) is 0 Å². The molecule has 0 bridgehead atoms. The molecule has 0 atom stereocenters. The zero-order chi connectivity index (χ0) is 16.4. The lowest BCUT2D eigenvalue weighted by Crippen LogP contribution is -2.31. The molecule has 0 saturated carbocycles. The topological polar surface area (TPSA) is 80.1 Å². The van der Waals surface area contributed by atoms with Crippen molar-refractivity contribution in [2.24, 2.45) is 7.05 Å². The van der Waals surface area contributed by atoms with Crippen LogP contribution in [-0.4, -0.2) is 40.9 Å². The fourth-order valence-corrected chi connectivity index (χ4v) is 3.35. The van der Waals surface area contributed by atoms with E-state index >= 15 is 0 Å². The van der Waals surface area contributed by atoms with Crippen molar-refractivity contribution in [1.29, 1.82) is 0 Å². The second kappa shape index (κ2) is 6.38. The Morgan fingerprint density at radius 2 is 2.13 bits per heavy atom. The monoisotopic (exact) mass is 335 g/mol. The van der Waals surface area contributed by atoms with E-state index in [1.165, 1.54) is 22.9 Å². The zero-order valence-corrected chi connectivity index (χ0v) is 14.2. The van der Waals surface area contributed by atoms with Crippen LogP contribution in [0.4, 0.5) is 0 Å². The van der Waals surface area contributed by atoms with Crippen LogP contribution in [-0.2, 0) is 43.1 Å². The fraction of sp³-hybridized carbons (Fsp3) is 0.467. The molecule has 0 saturated heterocycles. The van der Waals surface area contributed by atoms with Gasteiger partial charge in [-0.1, -0.05) is 0 Å². The highest BCUT2D eigenvalue weighted by Gasteiger charge is 2.20. The summed E-state index contributed by atoms with van der Waals surface area (Å²) in [5, 5.41) is 4.20. The summed E-state index contributed by atoms with van der Waals surface area (Å²) in [4.78, 5) is 6.62. The minimum atomic E-state index is -3.20. The number of rotatable bonds is 5. The van der Waals surface area contributed by atoms with E-state index in [1.54, 1.807) is 6.20 Å². The summed E-state index contributed by atoms with van der Waals surface area (Å²) < 4.78 is 26.9. The number of nitrogens with one attached hydrogen (secondary N) is 1. The molecule has 1 aliphatic heterocycles. The number of pyridine rings is 1. The first-order valence-electron chi connectivity index (χ1n) is 7.50. The molecule has 124 valence electrons. The Labute approximate surface area is 136 Å². The Morgan fingerprint density at radius 3 is 2.83 bits per heavy atom. The largest absolute Gasteiger partial charge is 0.294 e. The van der Waals surface area contributed by atoms with E-state index in [-0.39, 0.29) is 0 Å². The molecule has 0 spiro atoms. The third kappa shape index (κ3) is 4.15. The predicted molar refractivity (Wildman–Crippen MR) is 86.9 cm³/mol. The Bertz CT molecular complexity index is 800. The van der Waals surface area contributed by atoms with Gasteiger partial charge in [0.25, 0.3) is 0 Å². The predicted octanol–water partition coefficient (Wildman–Crippen LogP) is 0.423. The number of sulfonamides is 1. The molecule has 0 aromatic carbocycles. The molecule has 0 radical (unpaired) electrons. The molecular formula is C15H21N5O2S. The first-order valence-corrected chi connectivity index (χ1v) is 9.39. The van der Waals surface area contributed by atoms with Gasteiger partial charge in [-0.25, -0.2) is 13.1 Å². The lowest BCUT2D eigenvalue weighted by molar-refractivity contribution is 0.244. The summed E-state index contributed by atoms with van der Waals surface area (Å²) in [6.45, 7) is 2.93. The molecule has 0 unspecified atom stereocenters. The Hall–Kier alpha value is -1.77. The van der Waals surface area contributed by atoms with Gasteiger partial charge in [0, 0.05) is 57.4 Å². The molecule has 3 heterocycles. The van der Waals surface area contributed by atoms with Gasteiger partial charge in [0.15, 0.2) is 0 Å². The number of hydrogen-bond donors (Lipinski definition) is 1. The first kappa shape index (κ1) is 16.1. The summed E-state index contributed by atoms with van der Waals surface area (Å²) in [5.74, 6) is 0. The quantitative estimate of drug-likeness (QED) is 0.857. The molecule has 0 amide bonds. The maximum Gasteiger partial charge on any atom is 0.209 e. The van der Waals surface area contributed by atoms with Crippen molar-refractivity contribution in [2.45, 2.75) is 26.1 Å². The molecule has 23 heavy (non-hydrogen) atoms. The molecule has 7 nitrogen and oxygen atoms in total. The standard InChI is InChI=1S/C15H21N5O2S/c1-19-9-12(5-17-19)10-20-4-3-15-13(8-18-23(2,21)22)6-16-7-14(15)11-20/h5-7,9,18H,3-4,8,10-11H2,1-2H3. The van der Waals surface area contributed by atoms with Crippen molar-refractivity contribution in [1.82, 2.24) is 24.4 Å². The lowest BCUT2D eigenvalue weighted by Gasteiger charge is -2.29. The van der Waals surface area contributed by atoms with Crippen molar-refractivity contribution >= 4 is 10.0 Å². The number of nitrogens with zero attached hydrogens (tertiary/aromatic N) is 4. The van der Waals surface area contributed by atoms with E-state index in [1.807, 2.05) is 30.3 Å². The molecule has 3 rings (SSSR count). The van der Waals surface area contributed by atoms with E-state index in [2.05, 4.69) is 19.7 Å². The van der Waals surface area contributed by atoms with Crippen LogP contribution in [0.15, 0.2) is 24.8 Å². The normalized spacial score (nSPS) is 15.6. The summed E-state index contributed by atoms with van der Waals surface area (Å²) in [5.41, 5.74) is 4.55. The Balaban J connectivity index is 1.71. The Kier molecular flexibility index (Phi) is 4.47. The van der Waals surface area contributed by atoms with Gasteiger partial charge in [-0.05, 0) is 23.1 Å². The Morgan fingerprint density at radius 1 is 1.30 bits per heavy atom. The van der Waals surface area contributed by atoms with Crippen molar-refractivity contribution < 1.29 is 8.42 Å². The van der Waals surface area contributed by atoms with E-state index in [9.17, 15) is 8.42 Å². The third-order valence-corrected chi connectivity index (χ3v) is 4.67. The fourth-order valence-electron chi connectivity index (χ4n) is 2.93. The van der Waals surface area contributed by atoms with Gasteiger partial charge in [0.05, 0.1) is 12.5 Å². The van der Waals surface area contributed by atoms with Crippen LogP contribution in [0.1, 0.15) is 22.3 Å². The average molecular weight is 335 g/mol. The van der Waals surface area contributed by atoms with Gasteiger partial charge >= 0.3 is 0 Å². The van der Waals surface area contributed by atoms with Crippen molar-refractivity contribution in [2.75, 3.05) is 12.8 Å². The minimum absolute atomic E-state index is 0.303. The summed E-state index contributed by atoms with van der Waals surface area (Å²) in [7, 11) is -1.28. The van der Waals surface area contributed by atoms with E-state index < -0.39 is 10.0 Å². The molecule has 2 aromatic rings. The summed E-state index contributed by atoms with van der Waals surface area (Å²) in [6, 6.07) is 0. The molecular weight excluding hydrogens is 314 g/mol. The molecule has 0 fully saturated rings. The smallest absolute Gasteiger partial charge is 0.209 e. The van der Waals surface area contributed by atoms with E-state index in [0.29, 0.717) is 6.54 Å². The summed E-state index contributed by atoms with van der Waals surface area (Å²) in [6.07, 6.45) is 9.63. The second-order valence-corrected chi connectivity index (χ2v) is 7.85. The van der Waals surface area contributed by atoms with Crippen LogP contribution in [0.5, 0.6) is 0 Å². The average Bonchev–Trinajstić information content (AvgIpc) is 2.89. The van der Waals surface area contributed by atoms with Gasteiger partial charge in [-0.3, -0.25) is 14.6 Å². The number of aryl methyl sites for hydroxylation is 1. The van der Waals surface area contributed by atoms with Crippen LogP contribution in [0, 0.1) is 0 Å². The van der Waals surface area contributed by atoms with Crippen molar-refractivity contribution in [3.05, 3.63) is 47.0 Å². The van der Waals surface area contributed by atoms with Gasteiger partial charge in [0.2, 0.25) is 10.0 Å². The highest BCUT2D eigenvalue weighted by Crippen LogP contribution is 2.22. The molecule has 1 aliphatic rings. The van der Waals surface area contributed by atoms with E-state index in [0.717, 1.165) is 31.6 Å². The summed E-state index contributed by atoms with van der Waals surface area (Å²) >= 11 is 0. The van der Waals surface area contributed by atoms with Crippen molar-refractivity contribution in [3.8, 4) is 0 Å². The second-order valence-electron chi connectivity index (χ2n) is 6.01. The van der Waals surface area contributed by atoms with Gasteiger partial charge < -0.3 is 0 Å². The highest BCUT2D eigenvalue weighted by molar-refractivity contribution is 7.88. The number of hydrogen-bond acceptors (Lipinski definition) is 5. The van der Waals surface area contributed by atoms with Gasteiger partial charge in [-0.2, -0.15) is 5.10 Å². The maximum atomic E-state index is 11.3. The van der Waals surface area contributed by atoms with Crippen LogP contribution >= 0.6 is 0 Å². The highest BCUT2D eigenvalue weighted by atomic mass is 32.2. The minimum Gasteiger partial charge on any atom is -0.294 e.